The average Bonchev–Trinajstić information content (AvgIpc) is 2.63. The van der Waals surface area contributed by atoms with E-state index in [1.165, 1.54) is 11.8 Å². The summed E-state index contributed by atoms with van der Waals surface area (Å²) in [5.74, 6) is -0.379. The van der Waals surface area contributed by atoms with E-state index in [9.17, 15) is 9.59 Å². The lowest BCUT2D eigenvalue weighted by molar-refractivity contribution is -0.125. The van der Waals surface area contributed by atoms with E-state index in [1.54, 1.807) is 11.8 Å². The number of nitrogens with zero attached hydrogens (tertiary/aromatic N) is 1. The standard InChI is InChI=1S/C17H15NO2S/c1-12(19)18-14-9-5-6-10-15(14)21-16(11-17(18)20)13-7-3-2-4-8-13/h2-10,16H,11H2,1H3. The molecule has 0 radical (unpaired) electrons. The average molecular weight is 297 g/mol. The Bertz CT molecular complexity index is 684. The number of thioether (sulfide) groups is 1. The van der Waals surface area contributed by atoms with Gasteiger partial charge in [0.25, 0.3) is 0 Å². The summed E-state index contributed by atoms with van der Waals surface area (Å²) in [5.41, 5.74) is 1.80. The SMILES string of the molecule is CC(=O)N1C(=O)CC(c2ccccc2)Sc2ccccc21. The van der Waals surface area contributed by atoms with Crippen molar-refractivity contribution >= 4 is 29.3 Å². The Morgan fingerprint density at radius 2 is 1.76 bits per heavy atom. The number of imide groups is 1. The summed E-state index contributed by atoms with van der Waals surface area (Å²) >= 11 is 1.64. The minimum Gasteiger partial charge on any atom is -0.274 e. The Kier molecular flexibility index (Phi) is 3.80. The molecule has 3 nitrogen and oxygen atoms in total. The number of rotatable bonds is 1. The number of carbonyl (C=O) groups is 2. The van der Waals surface area contributed by atoms with Gasteiger partial charge in [0.2, 0.25) is 11.8 Å². The fourth-order valence-electron chi connectivity index (χ4n) is 2.52. The molecule has 1 atom stereocenters. The van der Waals surface area contributed by atoms with Crippen molar-refractivity contribution in [2.45, 2.75) is 23.5 Å². The molecule has 1 aliphatic heterocycles. The van der Waals surface area contributed by atoms with Crippen LogP contribution in [-0.4, -0.2) is 11.8 Å². The van der Waals surface area contributed by atoms with E-state index < -0.39 is 0 Å². The van der Waals surface area contributed by atoms with Gasteiger partial charge in [-0.15, -0.1) is 11.8 Å². The van der Waals surface area contributed by atoms with Gasteiger partial charge in [-0.05, 0) is 17.7 Å². The van der Waals surface area contributed by atoms with Crippen LogP contribution in [0.3, 0.4) is 0 Å². The fourth-order valence-corrected chi connectivity index (χ4v) is 3.78. The van der Waals surface area contributed by atoms with E-state index >= 15 is 0 Å². The van der Waals surface area contributed by atoms with Crippen molar-refractivity contribution in [3.63, 3.8) is 0 Å². The maximum absolute atomic E-state index is 12.5. The normalized spacial score (nSPS) is 18.0. The van der Waals surface area contributed by atoms with Crippen molar-refractivity contribution in [2.24, 2.45) is 0 Å². The van der Waals surface area contributed by atoms with Gasteiger partial charge in [-0.3, -0.25) is 9.59 Å². The number of benzene rings is 2. The van der Waals surface area contributed by atoms with Crippen LogP contribution in [-0.2, 0) is 9.59 Å². The van der Waals surface area contributed by atoms with Gasteiger partial charge in [0.05, 0.1) is 5.69 Å². The predicted octanol–water partition coefficient (Wildman–Crippen LogP) is 3.80. The van der Waals surface area contributed by atoms with Crippen molar-refractivity contribution in [3.05, 3.63) is 60.2 Å². The highest BCUT2D eigenvalue weighted by molar-refractivity contribution is 7.99. The summed E-state index contributed by atoms with van der Waals surface area (Å²) in [6.45, 7) is 1.43. The predicted molar refractivity (Wildman–Crippen MR) is 84.3 cm³/mol. The first-order valence-corrected chi connectivity index (χ1v) is 7.69. The van der Waals surface area contributed by atoms with Gasteiger partial charge in [0.1, 0.15) is 0 Å². The number of hydrogen-bond donors (Lipinski definition) is 0. The molecule has 0 aromatic heterocycles. The topological polar surface area (TPSA) is 37.4 Å². The van der Waals surface area contributed by atoms with E-state index in [4.69, 9.17) is 0 Å². The van der Waals surface area contributed by atoms with Crippen molar-refractivity contribution in [1.29, 1.82) is 0 Å². The summed E-state index contributed by atoms with van der Waals surface area (Å²) in [6, 6.07) is 17.5. The third kappa shape index (κ3) is 2.72. The van der Waals surface area contributed by atoms with Crippen molar-refractivity contribution < 1.29 is 9.59 Å². The van der Waals surface area contributed by atoms with E-state index in [1.807, 2.05) is 54.6 Å². The summed E-state index contributed by atoms with van der Waals surface area (Å²) in [7, 11) is 0. The van der Waals surface area contributed by atoms with Gasteiger partial charge in [-0.2, -0.15) is 0 Å². The lowest BCUT2D eigenvalue weighted by Crippen LogP contribution is -2.35. The zero-order valence-electron chi connectivity index (χ0n) is 11.7. The molecule has 0 bridgehead atoms. The van der Waals surface area contributed by atoms with Crippen LogP contribution in [0.4, 0.5) is 5.69 Å². The fraction of sp³-hybridized carbons (Fsp3) is 0.176. The van der Waals surface area contributed by atoms with E-state index in [0.29, 0.717) is 12.1 Å². The first kappa shape index (κ1) is 13.9. The van der Waals surface area contributed by atoms with Crippen LogP contribution in [0, 0.1) is 0 Å². The van der Waals surface area contributed by atoms with Crippen LogP contribution in [0.15, 0.2) is 59.5 Å². The number of hydrogen-bond acceptors (Lipinski definition) is 3. The number of fused-ring (bicyclic) bond motifs is 1. The van der Waals surface area contributed by atoms with E-state index in [2.05, 4.69) is 0 Å². The van der Waals surface area contributed by atoms with Gasteiger partial charge in [-0.25, -0.2) is 4.90 Å². The maximum Gasteiger partial charge on any atom is 0.235 e. The minimum atomic E-state index is -0.234. The smallest absolute Gasteiger partial charge is 0.235 e. The molecule has 0 N–H and O–H groups in total. The lowest BCUT2D eigenvalue weighted by atomic mass is 10.1. The second-order valence-electron chi connectivity index (χ2n) is 4.94. The molecule has 21 heavy (non-hydrogen) atoms. The third-order valence-electron chi connectivity index (χ3n) is 3.47. The summed E-state index contributed by atoms with van der Waals surface area (Å²) in [6.07, 6.45) is 0.322. The molecular formula is C17H15NO2S. The third-order valence-corrected chi connectivity index (χ3v) is 4.79. The van der Waals surface area contributed by atoms with E-state index in [0.717, 1.165) is 10.5 Å². The molecule has 0 spiro atoms. The minimum absolute atomic E-state index is 0.0317. The highest BCUT2D eigenvalue weighted by Crippen LogP contribution is 2.45. The zero-order valence-corrected chi connectivity index (χ0v) is 12.5. The molecule has 0 saturated heterocycles. The first-order valence-electron chi connectivity index (χ1n) is 6.81. The molecule has 3 rings (SSSR count). The molecule has 106 valence electrons. The van der Waals surface area contributed by atoms with Gasteiger partial charge in [0.15, 0.2) is 0 Å². The molecule has 1 unspecified atom stereocenters. The van der Waals surface area contributed by atoms with Gasteiger partial charge >= 0.3 is 0 Å². The van der Waals surface area contributed by atoms with Crippen LogP contribution in [0.1, 0.15) is 24.2 Å². The Hall–Kier alpha value is -2.07. The molecule has 0 aliphatic carbocycles. The molecule has 1 heterocycles. The molecular weight excluding hydrogens is 282 g/mol. The monoisotopic (exact) mass is 297 g/mol. The Labute approximate surface area is 128 Å². The number of amides is 2. The summed E-state index contributed by atoms with van der Waals surface area (Å²) in [4.78, 5) is 26.6. The Balaban J connectivity index is 2.06. The highest BCUT2D eigenvalue weighted by Gasteiger charge is 2.31. The van der Waals surface area contributed by atoms with Gasteiger partial charge < -0.3 is 0 Å². The number of carbonyl (C=O) groups excluding carboxylic acids is 2. The van der Waals surface area contributed by atoms with Crippen LogP contribution < -0.4 is 4.90 Å². The van der Waals surface area contributed by atoms with Crippen LogP contribution in [0.2, 0.25) is 0 Å². The van der Waals surface area contributed by atoms with Crippen molar-refractivity contribution in [2.75, 3.05) is 4.90 Å². The van der Waals surface area contributed by atoms with Gasteiger partial charge in [0, 0.05) is 23.5 Å². The molecule has 2 aromatic rings. The molecule has 2 amide bonds. The van der Waals surface area contributed by atoms with Crippen LogP contribution in [0.5, 0.6) is 0 Å². The largest absolute Gasteiger partial charge is 0.274 e. The first-order chi connectivity index (χ1) is 10.2. The van der Waals surface area contributed by atoms with Crippen LogP contribution in [0.25, 0.3) is 0 Å². The Morgan fingerprint density at radius 1 is 1.10 bits per heavy atom. The quantitative estimate of drug-likeness (QED) is 0.803. The molecule has 0 fully saturated rings. The summed E-state index contributed by atoms with van der Waals surface area (Å²) < 4.78 is 0. The second-order valence-corrected chi connectivity index (χ2v) is 6.18. The maximum atomic E-state index is 12.5. The number of anilines is 1. The van der Waals surface area contributed by atoms with Crippen molar-refractivity contribution in [3.8, 4) is 0 Å². The molecule has 0 saturated carbocycles. The van der Waals surface area contributed by atoms with Crippen molar-refractivity contribution in [1.82, 2.24) is 0 Å². The molecule has 4 heteroatoms. The van der Waals surface area contributed by atoms with Crippen LogP contribution >= 0.6 is 11.8 Å². The van der Waals surface area contributed by atoms with Gasteiger partial charge in [-0.1, -0.05) is 42.5 Å². The zero-order chi connectivity index (χ0) is 14.8. The molecule has 2 aromatic carbocycles. The lowest BCUT2D eigenvalue weighted by Gasteiger charge is -2.18. The Morgan fingerprint density at radius 3 is 2.48 bits per heavy atom. The molecule has 1 aliphatic rings. The highest BCUT2D eigenvalue weighted by atomic mass is 32.2. The van der Waals surface area contributed by atoms with E-state index in [-0.39, 0.29) is 17.1 Å². The summed E-state index contributed by atoms with van der Waals surface area (Å²) in [5, 5.41) is 0.0317. The number of para-hydroxylation sites is 1. The second kappa shape index (κ2) is 5.74.